The van der Waals surface area contributed by atoms with Crippen molar-refractivity contribution in [3.63, 3.8) is 0 Å². The van der Waals surface area contributed by atoms with Crippen molar-refractivity contribution in [1.82, 2.24) is 4.90 Å². The summed E-state index contributed by atoms with van der Waals surface area (Å²) in [6, 6.07) is 17.9. The van der Waals surface area contributed by atoms with Gasteiger partial charge in [-0.2, -0.15) is 0 Å². The number of halogens is 1. The van der Waals surface area contributed by atoms with E-state index in [9.17, 15) is 19.8 Å². The molecule has 4 rings (SSSR count). The minimum Gasteiger partial charge on any atom is -0.508 e. The van der Waals surface area contributed by atoms with Crippen molar-refractivity contribution in [3.8, 4) is 11.5 Å². The number of carbonyl (C=O) groups is 2. The number of phenolic OH excluding ortho intramolecular Hbond substituents is 1. The van der Waals surface area contributed by atoms with Gasteiger partial charge < -0.3 is 19.8 Å². The Kier molecular flexibility index (Phi) is 7.12. The summed E-state index contributed by atoms with van der Waals surface area (Å²) in [5.74, 6) is -0.928. The molecule has 1 fully saturated rings. The molecule has 0 saturated carbocycles. The van der Waals surface area contributed by atoms with Crippen LogP contribution < -0.4 is 4.74 Å². The number of aromatic hydroxyl groups is 1. The average Bonchev–Trinajstić information content (AvgIpc) is 3.10. The lowest BCUT2D eigenvalue weighted by molar-refractivity contribution is -0.139. The van der Waals surface area contributed by atoms with Gasteiger partial charge in [-0.15, -0.1) is 0 Å². The molecule has 1 unspecified atom stereocenters. The van der Waals surface area contributed by atoms with Gasteiger partial charge in [-0.3, -0.25) is 9.59 Å². The number of ether oxygens (including phenoxy) is 1. The third-order valence-corrected chi connectivity index (χ3v) is 6.30. The van der Waals surface area contributed by atoms with Crippen LogP contribution in [0.1, 0.15) is 35.2 Å². The molecule has 180 valence electrons. The van der Waals surface area contributed by atoms with Gasteiger partial charge in [0.25, 0.3) is 11.7 Å². The fourth-order valence-electron chi connectivity index (χ4n) is 4.28. The summed E-state index contributed by atoms with van der Waals surface area (Å²) in [5, 5.41) is 21.6. The first-order chi connectivity index (χ1) is 16.8. The zero-order valence-electron chi connectivity index (χ0n) is 19.5. The number of aryl methyl sites for hydroxylation is 1. The Hall–Kier alpha value is -3.77. The molecule has 1 aliphatic rings. The summed E-state index contributed by atoms with van der Waals surface area (Å²) >= 11 is 5.98. The van der Waals surface area contributed by atoms with E-state index in [2.05, 4.69) is 0 Å². The van der Waals surface area contributed by atoms with Crippen molar-refractivity contribution in [2.24, 2.45) is 0 Å². The Labute approximate surface area is 209 Å². The molecule has 1 heterocycles. The molecule has 35 heavy (non-hydrogen) atoms. The van der Waals surface area contributed by atoms with Gasteiger partial charge in [0.1, 0.15) is 17.3 Å². The quantitative estimate of drug-likeness (QED) is 0.262. The molecule has 1 saturated heterocycles. The fraction of sp³-hybridized carbons (Fsp3) is 0.214. The van der Waals surface area contributed by atoms with Gasteiger partial charge in [-0.05, 0) is 79.4 Å². The fourth-order valence-corrected chi connectivity index (χ4v) is 4.41. The summed E-state index contributed by atoms with van der Waals surface area (Å²) < 4.78 is 5.58. The number of hydrogen-bond donors (Lipinski definition) is 2. The van der Waals surface area contributed by atoms with Crippen LogP contribution in [0.2, 0.25) is 5.02 Å². The predicted octanol–water partition coefficient (Wildman–Crippen LogP) is 5.42. The Morgan fingerprint density at radius 1 is 1.03 bits per heavy atom. The number of hydrogen-bond acceptors (Lipinski definition) is 5. The van der Waals surface area contributed by atoms with Crippen molar-refractivity contribution >= 4 is 29.1 Å². The van der Waals surface area contributed by atoms with E-state index in [0.29, 0.717) is 34.9 Å². The second-order valence-electron chi connectivity index (χ2n) is 8.37. The van der Waals surface area contributed by atoms with Crippen molar-refractivity contribution in [2.75, 3.05) is 13.2 Å². The van der Waals surface area contributed by atoms with E-state index in [0.717, 1.165) is 11.1 Å². The molecular weight excluding hydrogens is 466 g/mol. The maximum atomic E-state index is 13.2. The first kappa shape index (κ1) is 24.4. The normalized spacial score (nSPS) is 17.1. The number of amides is 1. The van der Waals surface area contributed by atoms with Crippen LogP contribution in [0.15, 0.2) is 72.3 Å². The van der Waals surface area contributed by atoms with Gasteiger partial charge in [-0.1, -0.05) is 35.9 Å². The number of benzene rings is 3. The van der Waals surface area contributed by atoms with Gasteiger partial charge in [0, 0.05) is 17.1 Å². The van der Waals surface area contributed by atoms with Gasteiger partial charge in [-0.25, -0.2) is 0 Å². The third-order valence-electron chi connectivity index (χ3n) is 6.05. The molecule has 0 aliphatic carbocycles. The molecule has 0 spiro atoms. The molecule has 3 aromatic rings. The topological polar surface area (TPSA) is 87.1 Å². The summed E-state index contributed by atoms with van der Waals surface area (Å²) in [6.07, 6.45) is 0.501. The monoisotopic (exact) mass is 491 g/mol. The number of carbonyl (C=O) groups excluding carboxylic acids is 2. The number of aliphatic hydroxyl groups is 1. The average molecular weight is 492 g/mol. The lowest BCUT2D eigenvalue weighted by atomic mass is 9.94. The molecule has 1 aliphatic heterocycles. The second-order valence-corrected chi connectivity index (χ2v) is 8.81. The highest BCUT2D eigenvalue weighted by atomic mass is 35.5. The molecule has 3 aromatic carbocycles. The van der Waals surface area contributed by atoms with E-state index < -0.39 is 17.7 Å². The van der Waals surface area contributed by atoms with Crippen LogP contribution >= 0.6 is 11.6 Å². The van der Waals surface area contributed by atoms with Gasteiger partial charge >= 0.3 is 0 Å². The number of aliphatic hydroxyl groups excluding tert-OH is 1. The second kappa shape index (κ2) is 10.2. The molecule has 6 nitrogen and oxygen atoms in total. The molecule has 7 heteroatoms. The molecule has 0 radical (unpaired) electrons. The third kappa shape index (κ3) is 5.03. The van der Waals surface area contributed by atoms with Crippen LogP contribution in [0, 0.1) is 6.92 Å². The highest BCUT2D eigenvalue weighted by Crippen LogP contribution is 2.40. The molecule has 1 atom stereocenters. The number of ketones is 1. The van der Waals surface area contributed by atoms with Crippen LogP contribution in [0.5, 0.6) is 11.5 Å². The SMILES string of the molecule is CCOc1ccc(/C(O)=C2/C(=O)C(=O)N(CCc3ccc(Cl)cc3)C2c2ccc(O)cc2)cc1C. The first-order valence-corrected chi connectivity index (χ1v) is 11.7. The number of rotatable bonds is 7. The van der Waals surface area contributed by atoms with E-state index in [1.54, 1.807) is 42.5 Å². The van der Waals surface area contributed by atoms with E-state index >= 15 is 0 Å². The molecular formula is C28H26ClNO5. The maximum Gasteiger partial charge on any atom is 0.295 e. The minimum absolute atomic E-state index is 0.0142. The summed E-state index contributed by atoms with van der Waals surface area (Å²) in [6.45, 7) is 4.50. The van der Waals surface area contributed by atoms with E-state index in [-0.39, 0.29) is 23.6 Å². The summed E-state index contributed by atoms with van der Waals surface area (Å²) in [4.78, 5) is 27.8. The Bertz CT molecular complexity index is 1280. The van der Waals surface area contributed by atoms with Gasteiger partial charge in [0.05, 0.1) is 18.2 Å². The minimum atomic E-state index is -0.797. The van der Waals surface area contributed by atoms with E-state index in [1.807, 2.05) is 26.0 Å². The zero-order chi connectivity index (χ0) is 25.1. The number of phenols is 1. The molecule has 0 aromatic heterocycles. The van der Waals surface area contributed by atoms with Crippen LogP contribution in [0.25, 0.3) is 5.76 Å². The number of likely N-dealkylation sites (tertiary alicyclic amines) is 1. The van der Waals surface area contributed by atoms with Crippen LogP contribution in [-0.2, 0) is 16.0 Å². The summed E-state index contributed by atoms with van der Waals surface area (Å²) in [5.41, 5.74) is 2.81. The van der Waals surface area contributed by atoms with Crippen LogP contribution in [-0.4, -0.2) is 40.0 Å². The molecule has 1 amide bonds. The molecule has 2 N–H and O–H groups in total. The first-order valence-electron chi connectivity index (χ1n) is 11.4. The predicted molar refractivity (Wildman–Crippen MR) is 135 cm³/mol. The van der Waals surface area contributed by atoms with Gasteiger partial charge in [0.2, 0.25) is 0 Å². The Balaban J connectivity index is 1.76. The van der Waals surface area contributed by atoms with E-state index in [4.69, 9.17) is 16.3 Å². The highest BCUT2D eigenvalue weighted by Gasteiger charge is 2.45. The number of nitrogens with zero attached hydrogens (tertiary/aromatic N) is 1. The molecule has 0 bridgehead atoms. The van der Waals surface area contributed by atoms with Crippen molar-refractivity contribution in [3.05, 3.63) is 99.6 Å². The van der Waals surface area contributed by atoms with E-state index in [1.165, 1.54) is 17.0 Å². The zero-order valence-corrected chi connectivity index (χ0v) is 20.2. The maximum absolute atomic E-state index is 13.2. The lowest BCUT2D eigenvalue weighted by Gasteiger charge is -2.25. The smallest absolute Gasteiger partial charge is 0.295 e. The van der Waals surface area contributed by atoms with Crippen molar-refractivity contribution in [1.29, 1.82) is 0 Å². The van der Waals surface area contributed by atoms with Crippen LogP contribution in [0.3, 0.4) is 0 Å². The van der Waals surface area contributed by atoms with Gasteiger partial charge in [0.15, 0.2) is 0 Å². The highest BCUT2D eigenvalue weighted by molar-refractivity contribution is 6.46. The summed E-state index contributed by atoms with van der Waals surface area (Å²) in [7, 11) is 0. The Morgan fingerprint density at radius 2 is 1.71 bits per heavy atom. The largest absolute Gasteiger partial charge is 0.508 e. The lowest BCUT2D eigenvalue weighted by Crippen LogP contribution is -2.31. The van der Waals surface area contributed by atoms with Crippen molar-refractivity contribution in [2.45, 2.75) is 26.3 Å². The van der Waals surface area contributed by atoms with Crippen molar-refractivity contribution < 1.29 is 24.5 Å². The number of Topliss-reactive ketones (excluding diaryl/α,β-unsaturated/α-hetero) is 1. The van der Waals surface area contributed by atoms with Crippen LogP contribution in [0.4, 0.5) is 0 Å². The Morgan fingerprint density at radius 3 is 2.34 bits per heavy atom. The standard InChI is InChI=1S/C28H26ClNO5/c1-3-35-23-13-8-20(16-17(23)2)26(32)24-25(19-6-11-22(31)12-7-19)30(28(34)27(24)33)15-14-18-4-9-21(29)10-5-18/h4-13,16,25,31-32H,3,14-15H2,1-2H3/b26-24-.